The fourth-order valence-corrected chi connectivity index (χ4v) is 2.76. The molecule has 2 rings (SSSR count). The summed E-state index contributed by atoms with van der Waals surface area (Å²) < 4.78 is 12.8. The van der Waals surface area contributed by atoms with Gasteiger partial charge in [-0.3, -0.25) is 4.79 Å². The Morgan fingerprint density at radius 3 is 2.55 bits per heavy atom. The number of nitrogens with one attached hydrogen (secondary N) is 1. The molecule has 1 amide bonds. The van der Waals surface area contributed by atoms with Crippen molar-refractivity contribution in [3.05, 3.63) is 35.6 Å². The van der Waals surface area contributed by atoms with Gasteiger partial charge in [-0.05, 0) is 43.9 Å². The van der Waals surface area contributed by atoms with Gasteiger partial charge >= 0.3 is 0 Å². The molecule has 1 atom stereocenters. The number of nitrogens with zero attached hydrogens (tertiary/aromatic N) is 1. The predicted molar refractivity (Wildman–Crippen MR) is 74.2 cm³/mol. The minimum atomic E-state index is -0.836. The second-order valence-electron chi connectivity index (χ2n) is 5.61. The van der Waals surface area contributed by atoms with E-state index in [9.17, 15) is 14.4 Å². The summed E-state index contributed by atoms with van der Waals surface area (Å²) in [6.45, 7) is 1.90. The molecular formula is C16H19FN2O. The number of carbonyl (C=O) groups is 1. The van der Waals surface area contributed by atoms with Crippen molar-refractivity contribution >= 4 is 5.91 Å². The van der Waals surface area contributed by atoms with Crippen LogP contribution in [0.4, 0.5) is 4.39 Å². The average molecular weight is 274 g/mol. The van der Waals surface area contributed by atoms with E-state index in [1.165, 1.54) is 12.1 Å². The summed E-state index contributed by atoms with van der Waals surface area (Å²) in [5, 5.41) is 12.2. The Labute approximate surface area is 118 Å². The Kier molecular flexibility index (Phi) is 4.39. The summed E-state index contributed by atoms with van der Waals surface area (Å²) in [5.41, 5.74) is 0.133. The monoisotopic (exact) mass is 274 g/mol. The third-order valence-electron chi connectivity index (χ3n) is 3.94. The molecule has 1 aromatic rings. The zero-order chi connectivity index (χ0) is 14.6. The average Bonchev–Trinajstić information content (AvgIpc) is 2.91. The summed E-state index contributed by atoms with van der Waals surface area (Å²) in [7, 11) is 0. The molecule has 4 heteroatoms. The first-order valence-electron chi connectivity index (χ1n) is 7.02. The van der Waals surface area contributed by atoms with Crippen LogP contribution in [0.1, 0.15) is 38.2 Å². The first kappa shape index (κ1) is 14.5. The lowest BCUT2D eigenvalue weighted by Gasteiger charge is -2.22. The van der Waals surface area contributed by atoms with E-state index in [0.717, 1.165) is 18.4 Å². The van der Waals surface area contributed by atoms with Crippen LogP contribution in [0.2, 0.25) is 0 Å². The van der Waals surface area contributed by atoms with E-state index >= 15 is 0 Å². The molecule has 1 N–H and O–H groups in total. The van der Waals surface area contributed by atoms with Crippen molar-refractivity contribution in [2.75, 3.05) is 0 Å². The molecule has 0 saturated heterocycles. The van der Waals surface area contributed by atoms with Crippen LogP contribution in [0.25, 0.3) is 0 Å². The third kappa shape index (κ3) is 3.16. The second-order valence-corrected chi connectivity index (χ2v) is 5.61. The van der Waals surface area contributed by atoms with E-state index in [4.69, 9.17) is 0 Å². The number of rotatable bonds is 4. The van der Waals surface area contributed by atoms with E-state index in [1.807, 2.05) is 6.92 Å². The van der Waals surface area contributed by atoms with Gasteiger partial charge in [0.15, 0.2) is 0 Å². The summed E-state index contributed by atoms with van der Waals surface area (Å²) in [6.07, 6.45) is 3.81. The van der Waals surface area contributed by atoms with Crippen LogP contribution >= 0.6 is 0 Å². The Bertz CT molecular complexity index is 512. The normalized spacial score (nSPS) is 18.2. The van der Waals surface area contributed by atoms with Crippen LogP contribution in [0.15, 0.2) is 24.3 Å². The van der Waals surface area contributed by atoms with E-state index in [2.05, 4.69) is 11.4 Å². The molecule has 0 radical (unpaired) electrons. The van der Waals surface area contributed by atoms with Crippen LogP contribution in [-0.4, -0.2) is 11.9 Å². The summed E-state index contributed by atoms with van der Waals surface area (Å²) in [5.74, 6) is -0.424. The van der Waals surface area contributed by atoms with E-state index in [-0.39, 0.29) is 17.8 Å². The van der Waals surface area contributed by atoms with Gasteiger partial charge in [0.05, 0.1) is 6.07 Å². The maximum absolute atomic E-state index is 12.8. The molecule has 3 nitrogen and oxygen atoms in total. The molecule has 1 unspecified atom stereocenters. The first-order chi connectivity index (χ1) is 9.55. The Hall–Kier alpha value is -1.89. The van der Waals surface area contributed by atoms with Crippen LogP contribution in [-0.2, 0) is 11.2 Å². The van der Waals surface area contributed by atoms with Crippen LogP contribution in [0.3, 0.4) is 0 Å². The maximum Gasteiger partial charge on any atom is 0.240 e. The van der Waals surface area contributed by atoms with Gasteiger partial charge in [0.25, 0.3) is 0 Å². The van der Waals surface area contributed by atoms with E-state index in [0.29, 0.717) is 19.3 Å². The molecule has 1 fully saturated rings. The van der Waals surface area contributed by atoms with Gasteiger partial charge < -0.3 is 5.32 Å². The molecule has 0 heterocycles. The van der Waals surface area contributed by atoms with Crippen molar-refractivity contribution < 1.29 is 9.18 Å². The highest BCUT2D eigenvalue weighted by molar-refractivity contribution is 5.85. The van der Waals surface area contributed by atoms with E-state index < -0.39 is 5.41 Å². The molecule has 0 bridgehead atoms. The van der Waals surface area contributed by atoms with Crippen molar-refractivity contribution in [2.24, 2.45) is 5.41 Å². The minimum absolute atomic E-state index is 0.0706. The number of hydrogen-bond acceptors (Lipinski definition) is 2. The third-order valence-corrected chi connectivity index (χ3v) is 3.94. The second kappa shape index (κ2) is 6.04. The van der Waals surface area contributed by atoms with Crippen molar-refractivity contribution in [3.8, 4) is 6.07 Å². The van der Waals surface area contributed by atoms with Crippen molar-refractivity contribution in [1.29, 1.82) is 5.26 Å². The van der Waals surface area contributed by atoms with Gasteiger partial charge in [-0.1, -0.05) is 25.0 Å². The molecule has 0 spiro atoms. The molecule has 1 saturated carbocycles. The fraction of sp³-hybridized carbons (Fsp3) is 0.500. The van der Waals surface area contributed by atoms with E-state index in [1.54, 1.807) is 12.1 Å². The predicted octanol–water partition coefficient (Wildman–Crippen LogP) is 2.96. The number of hydrogen-bond donors (Lipinski definition) is 1. The maximum atomic E-state index is 12.8. The van der Waals surface area contributed by atoms with Gasteiger partial charge in [0.2, 0.25) is 5.91 Å². The lowest BCUT2D eigenvalue weighted by Crippen LogP contribution is -2.43. The highest BCUT2D eigenvalue weighted by Crippen LogP contribution is 2.37. The molecule has 1 aliphatic carbocycles. The van der Waals surface area contributed by atoms with Crippen LogP contribution < -0.4 is 5.32 Å². The Morgan fingerprint density at radius 2 is 2.00 bits per heavy atom. The van der Waals surface area contributed by atoms with Gasteiger partial charge in [-0.15, -0.1) is 0 Å². The smallest absolute Gasteiger partial charge is 0.240 e. The van der Waals surface area contributed by atoms with Crippen LogP contribution in [0.5, 0.6) is 0 Å². The van der Waals surface area contributed by atoms with Gasteiger partial charge in [-0.25, -0.2) is 4.39 Å². The van der Waals surface area contributed by atoms with Crippen LogP contribution in [0, 0.1) is 22.6 Å². The minimum Gasteiger partial charge on any atom is -0.352 e. The molecule has 0 aromatic heterocycles. The van der Waals surface area contributed by atoms with Gasteiger partial charge in [0, 0.05) is 6.04 Å². The largest absolute Gasteiger partial charge is 0.352 e. The van der Waals surface area contributed by atoms with Gasteiger partial charge in [-0.2, -0.15) is 5.26 Å². The number of benzene rings is 1. The number of halogens is 1. The standard InChI is InChI=1S/C16H19FN2O/c1-12(10-13-4-6-14(17)7-5-13)19-15(20)16(11-18)8-2-3-9-16/h4-7,12H,2-3,8-10H2,1H3,(H,19,20). The fourth-order valence-electron chi connectivity index (χ4n) is 2.76. The summed E-state index contributed by atoms with van der Waals surface area (Å²) in [6, 6.07) is 8.38. The van der Waals surface area contributed by atoms with Gasteiger partial charge in [0.1, 0.15) is 11.2 Å². The Morgan fingerprint density at radius 1 is 1.40 bits per heavy atom. The quantitative estimate of drug-likeness (QED) is 0.917. The molecule has 1 aliphatic rings. The van der Waals surface area contributed by atoms with Crippen molar-refractivity contribution in [3.63, 3.8) is 0 Å². The molecule has 1 aromatic carbocycles. The lowest BCUT2D eigenvalue weighted by molar-refractivity contribution is -0.128. The highest BCUT2D eigenvalue weighted by Gasteiger charge is 2.41. The SMILES string of the molecule is CC(Cc1ccc(F)cc1)NC(=O)C1(C#N)CCCC1. The first-order valence-corrected chi connectivity index (χ1v) is 7.02. The highest BCUT2D eigenvalue weighted by atomic mass is 19.1. The lowest BCUT2D eigenvalue weighted by atomic mass is 9.86. The molecule has 20 heavy (non-hydrogen) atoms. The topological polar surface area (TPSA) is 52.9 Å². The number of amides is 1. The molecule has 106 valence electrons. The Balaban J connectivity index is 1.94. The number of carbonyl (C=O) groups excluding carboxylic acids is 1. The zero-order valence-electron chi connectivity index (χ0n) is 11.7. The van der Waals surface area contributed by atoms with Crippen molar-refractivity contribution in [1.82, 2.24) is 5.32 Å². The molecular weight excluding hydrogens is 255 g/mol. The van der Waals surface area contributed by atoms with Crippen molar-refractivity contribution in [2.45, 2.75) is 45.1 Å². The summed E-state index contributed by atoms with van der Waals surface area (Å²) in [4.78, 5) is 12.3. The number of nitriles is 1. The summed E-state index contributed by atoms with van der Waals surface area (Å²) >= 11 is 0. The zero-order valence-corrected chi connectivity index (χ0v) is 11.7. The molecule has 0 aliphatic heterocycles.